The summed E-state index contributed by atoms with van der Waals surface area (Å²) in [6, 6.07) is 7.71. The number of hydrogen-bond acceptors (Lipinski definition) is 5. The van der Waals surface area contributed by atoms with Gasteiger partial charge in [-0.3, -0.25) is 4.79 Å². The predicted molar refractivity (Wildman–Crippen MR) is 109 cm³/mol. The first-order valence-electron chi connectivity index (χ1n) is 8.55. The van der Waals surface area contributed by atoms with Crippen molar-refractivity contribution < 1.29 is 13.2 Å². The lowest BCUT2D eigenvalue weighted by molar-refractivity contribution is -0.124. The molecule has 0 saturated carbocycles. The van der Waals surface area contributed by atoms with Crippen molar-refractivity contribution in [2.24, 2.45) is 10.4 Å². The van der Waals surface area contributed by atoms with E-state index in [9.17, 15) is 13.2 Å². The Morgan fingerprint density at radius 3 is 2.35 bits per heavy atom. The molecule has 0 radical (unpaired) electrons. The van der Waals surface area contributed by atoms with Crippen molar-refractivity contribution >= 4 is 44.0 Å². The molecule has 0 N–H and O–H groups in total. The highest BCUT2D eigenvalue weighted by atomic mass is 32.2. The number of amidine groups is 1. The van der Waals surface area contributed by atoms with E-state index in [-0.39, 0.29) is 28.7 Å². The van der Waals surface area contributed by atoms with Gasteiger partial charge in [-0.25, -0.2) is 8.42 Å². The van der Waals surface area contributed by atoms with E-state index in [4.69, 9.17) is 0 Å². The van der Waals surface area contributed by atoms with Crippen molar-refractivity contribution in [3.8, 4) is 0 Å². The SMILES string of the molecule is CN(C)c1ccc(N2C(=NC(=O)C(C)(C)C)S[C@H]3CS(=O)(=O)C[C@H]32)cc1. The van der Waals surface area contributed by atoms with Crippen molar-refractivity contribution in [3.63, 3.8) is 0 Å². The topological polar surface area (TPSA) is 70.0 Å². The maximum atomic E-state index is 12.4. The number of thioether (sulfide) groups is 1. The van der Waals surface area contributed by atoms with Crippen LogP contribution in [0.5, 0.6) is 0 Å². The second-order valence-electron chi connectivity index (χ2n) is 8.03. The number of carbonyl (C=O) groups excluding carboxylic acids is 1. The highest BCUT2D eigenvalue weighted by Crippen LogP contribution is 2.41. The molecule has 2 aliphatic rings. The number of amides is 1. The monoisotopic (exact) mass is 395 g/mol. The van der Waals surface area contributed by atoms with Crippen LogP contribution in [0.2, 0.25) is 0 Å². The van der Waals surface area contributed by atoms with Crippen LogP contribution in [0.3, 0.4) is 0 Å². The molecule has 26 heavy (non-hydrogen) atoms. The number of nitrogens with zero attached hydrogens (tertiary/aromatic N) is 3. The van der Waals surface area contributed by atoms with Gasteiger partial charge in [-0.2, -0.15) is 4.99 Å². The van der Waals surface area contributed by atoms with E-state index in [0.717, 1.165) is 11.4 Å². The molecule has 2 aliphatic heterocycles. The van der Waals surface area contributed by atoms with Gasteiger partial charge in [0.15, 0.2) is 15.0 Å². The van der Waals surface area contributed by atoms with E-state index < -0.39 is 15.3 Å². The van der Waals surface area contributed by atoms with Crippen LogP contribution < -0.4 is 9.80 Å². The third-order valence-corrected chi connectivity index (χ3v) is 7.76. The maximum absolute atomic E-state index is 12.4. The van der Waals surface area contributed by atoms with Gasteiger partial charge in [0.05, 0.1) is 17.5 Å². The first kappa shape index (κ1) is 19.2. The van der Waals surface area contributed by atoms with Crippen LogP contribution in [0.15, 0.2) is 29.3 Å². The summed E-state index contributed by atoms with van der Waals surface area (Å²) in [7, 11) is 0.876. The molecule has 0 aliphatic carbocycles. The summed E-state index contributed by atoms with van der Waals surface area (Å²) in [6.45, 7) is 5.50. The molecule has 6 nitrogen and oxygen atoms in total. The van der Waals surface area contributed by atoms with Crippen molar-refractivity contribution in [2.45, 2.75) is 32.1 Å². The molecular weight excluding hydrogens is 370 g/mol. The summed E-state index contributed by atoms with van der Waals surface area (Å²) in [5, 5.41) is 0.521. The van der Waals surface area contributed by atoms with Gasteiger partial charge in [-0.05, 0) is 24.3 Å². The lowest BCUT2D eigenvalue weighted by Crippen LogP contribution is -2.38. The van der Waals surface area contributed by atoms with E-state index in [1.54, 1.807) is 0 Å². The molecule has 8 heteroatoms. The van der Waals surface area contributed by atoms with E-state index >= 15 is 0 Å². The van der Waals surface area contributed by atoms with E-state index in [1.807, 2.05) is 68.9 Å². The van der Waals surface area contributed by atoms with Gasteiger partial charge in [0.25, 0.3) is 5.91 Å². The van der Waals surface area contributed by atoms with Crippen molar-refractivity contribution in [1.29, 1.82) is 0 Å². The Morgan fingerprint density at radius 1 is 1.19 bits per heavy atom. The molecular formula is C18H25N3O3S2. The molecule has 3 rings (SSSR count). The van der Waals surface area contributed by atoms with Gasteiger partial charge in [-0.1, -0.05) is 32.5 Å². The average Bonchev–Trinajstić information content (AvgIpc) is 2.97. The molecule has 1 aromatic carbocycles. The minimum atomic E-state index is -3.06. The zero-order chi connectivity index (χ0) is 19.3. The van der Waals surface area contributed by atoms with Crippen LogP contribution in [-0.4, -0.2) is 56.4 Å². The lowest BCUT2D eigenvalue weighted by Gasteiger charge is -2.26. The summed E-state index contributed by atoms with van der Waals surface area (Å²) >= 11 is 1.41. The fourth-order valence-electron chi connectivity index (χ4n) is 3.03. The van der Waals surface area contributed by atoms with Gasteiger partial charge in [-0.15, -0.1) is 0 Å². The molecule has 1 amide bonds. The number of hydrogen-bond donors (Lipinski definition) is 0. The summed E-state index contributed by atoms with van der Waals surface area (Å²) in [4.78, 5) is 20.7. The summed E-state index contributed by atoms with van der Waals surface area (Å²) < 4.78 is 24.2. The number of fused-ring (bicyclic) bond motifs is 1. The quantitative estimate of drug-likeness (QED) is 0.766. The molecule has 0 aromatic heterocycles. The maximum Gasteiger partial charge on any atom is 0.253 e. The number of aliphatic imine (C=N–C) groups is 1. The van der Waals surface area contributed by atoms with Crippen molar-refractivity contribution in [1.82, 2.24) is 0 Å². The standard InChI is InChI=1S/C18H25N3O3S2/c1-18(2,3)16(22)19-17-21(13-8-6-12(7-9-13)20(4)5)14-10-26(23,24)11-15(14)25-17/h6-9,14-15H,10-11H2,1-5H3/t14-,15+/m1/s1. The third-order valence-electron chi connectivity index (χ3n) is 4.55. The van der Waals surface area contributed by atoms with Crippen LogP contribution in [-0.2, 0) is 14.6 Å². The smallest absolute Gasteiger partial charge is 0.253 e. The zero-order valence-electron chi connectivity index (χ0n) is 15.8. The number of rotatable bonds is 2. The van der Waals surface area contributed by atoms with Crippen molar-refractivity contribution in [3.05, 3.63) is 24.3 Å². The van der Waals surface area contributed by atoms with Gasteiger partial charge in [0.1, 0.15) is 0 Å². The Balaban J connectivity index is 2.00. The highest BCUT2D eigenvalue weighted by Gasteiger charge is 2.49. The van der Waals surface area contributed by atoms with Gasteiger partial charge < -0.3 is 9.80 Å². The lowest BCUT2D eigenvalue weighted by atomic mass is 9.96. The summed E-state index contributed by atoms with van der Waals surface area (Å²) in [5.41, 5.74) is 1.35. The Labute approximate surface area is 159 Å². The Hall–Kier alpha value is -1.54. The molecule has 2 atom stereocenters. The fourth-order valence-corrected chi connectivity index (χ4v) is 6.94. The average molecular weight is 396 g/mol. The van der Waals surface area contributed by atoms with Crippen LogP contribution in [0.1, 0.15) is 20.8 Å². The summed E-state index contributed by atoms with van der Waals surface area (Å²) in [5.74, 6) is 0.0397. The minimum absolute atomic E-state index is 0.0833. The van der Waals surface area contributed by atoms with E-state index in [2.05, 4.69) is 4.99 Å². The van der Waals surface area contributed by atoms with Crippen LogP contribution >= 0.6 is 11.8 Å². The van der Waals surface area contributed by atoms with Crippen LogP contribution in [0.25, 0.3) is 0 Å². The van der Waals surface area contributed by atoms with Crippen molar-refractivity contribution in [2.75, 3.05) is 35.4 Å². The predicted octanol–water partition coefficient (Wildman–Crippen LogP) is 2.40. The molecule has 0 bridgehead atoms. The second kappa shape index (κ2) is 6.56. The van der Waals surface area contributed by atoms with Gasteiger partial charge in [0, 0.05) is 36.1 Å². The fraction of sp³-hybridized carbons (Fsp3) is 0.556. The molecule has 142 valence electrons. The number of carbonyl (C=O) groups is 1. The normalized spacial score (nSPS) is 26.2. The van der Waals surface area contributed by atoms with E-state index in [0.29, 0.717) is 5.17 Å². The van der Waals surface area contributed by atoms with Gasteiger partial charge in [0.2, 0.25) is 0 Å². The zero-order valence-corrected chi connectivity index (χ0v) is 17.4. The van der Waals surface area contributed by atoms with Crippen LogP contribution in [0.4, 0.5) is 11.4 Å². The number of benzene rings is 1. The Bertz CT molecular complexity index is 839. The summed E-state index contributed by atoms with van der Waals surface area (Å²) in [6.07, 6.45) is 0. The Kier molecular flexibility index (Phi) is 4.85. The highest BCUT2D eigenvalue weighted by molar-refractivity contribution is 8.16. The van der Waals surface area contributed by atoms with E-state index in [1.165, 1.54) is 11.8 Å². The molecule has 2 saturated heterocycles. The Morgan fingerprint density at radius 2 is 1.81 bits per heavy atom. The molecule has 0 unspecified atom stereocenters. The minimum Gasteiger partial charge on any atom is -0.378 e. The molecule has 1 aromatic rings. The number of sulfone groups is 1. The first-order chi connectivity index (χ1) is 12.0. The van der Waals surface area contributed by atoms with Crippen LogP contribution in [0, 0.1) is 5.41 Å². The molecule has 2 fully saturated rings. The third kappa shape index (κ3) is 3.76. The first-order valence-corrected chi connectivity index (χ1v) is 11.2. The number of anilines is 2. The molecule has 2 heterocycles. The van der Waals surface area contributed by atoms with Gasteiger partial charge >= 0.3 is 0 Å². The largest absolute Gasteiger partial charge is 0.378 e. The molecule has 0 spiro atoms. The second-order valence-corrected chi connectivity index (χ2v) is 11.4.